The van der Waals surface area contributed by atoms with Crippen molar-refractivity contribution in [2.45, 2.75) is 0 Å². The van der Waals surface area contributed by atoms with E-state index in [1.54, 1.807) is 0 Å². The number of furan rings is 3. The van der Waals surface area contributed by atoms with Crippen molar-refractivity contribution in [3.63, 3.8) is 0 Å². The van der Waals surface area contributed by atoms with Crippen molar-refractivity contribution < 1.29 is 13.3 Å². The molecule has 200 valence electrons. The SMILES string of the molecule is c1ccc2c(c1)oc1cc3cc(-c4c5ccccc5c(-c5cccc6c5oc5ccccc56)c5ccccc45)oc3cc12. The molecule has 3 aromatic heterocycles. The Kier molecular flexibility index (Phi) is 4.45. The first-order valence-electron chi connectivity index (χ1n) is 14.5. The van der Waals surface area contributed by atoms with Gasteiger partial charge in [0.1, 0.15) is 33.7 Å². The fourth-order valence-corrected chi connectivity index (χ4v) is 7.01. The molecule has 0 saturated carbocycles. The van der Waals surface area contributed by atoms with E-state index in [1.807, 2.05) is 30.3 Å². The maximum atomic E-state index is 6.69. The second-order valence-electron chi connectivity index (χ2n) is 11.2. The van der Waals surface area contributed by atoms with E-state index in [9.17, 15) is 0 Å². The normalized spacial score (nSPS) is 12.2. The number of fused-ring (bicyclic) bond motifs is 9. The van der Waals surface area contributed by atoms with E-state index in [4.69, 9.17) is 13.3 Å². The Hall–Kier alpha value is -5.80. The fourth-order valence-electron chi connectivity index (χ4n) is 7.01. The molecule has 0 fully saturated rings. The van der Waals surface area contributed by atoms with Gasteiger partial charge in [-0.3, -0.25) is 0 Å². The Morgan fingerprint density at radius 2 is 0.884 bits per heavy atom. The molecule has 3 nitrogen and oxygen atoms in total. The summed E-state index contributed by atoms with van der Waals surface area (Å²) in [6.45, 7) is 0. The Morgan fingerprint density at radius 1 is 0.326 bits per heavy atom. The molecule has 0 saturated heterocycles. The first kappa shape index (κ1) is 22.8. The van der Waals surface area contributed by atoms with Gasteiger partial charge in [0.2, 0.25) is 0 Å². The molecule has 43 heavy (non-hydrogen) atoms. The minimum atomic E-state index is 0.841. The summed E-state index contributed by atoms with van der Waals surface area (Å²) in [7, 11) is 0. The standard InChI is InChI=1S/C40H22O3/c1-3-14-28-26(12-1)38(31-17-9-16-30-24-10-5-8-19-34(24)43-40(30)31)27-13-2-4-15-29(27)39(28)37-21-23-20-36-32(22-35(23)42-37)25-11-6-7-18-33(25)41-36/h1-22H. The van der Waals surface area contributed by atoms with E-state index < -0.39 is 0 Å². The molecule has 0 bridgehead atoms. The van der Waals surface area contributed by atoms with E-state index in [2.05, 4.69) is 103 Å². The Bertz CT molecular complexity index is 2680. The van der Waals surface area contributed by atoms with Crippen LogP contribution in [-0.2, 0) is 0 Å². The van der Waals surface area contributed by atoms with E-state index >= 15 is 0 Å². The molecule has 0 aliphatic heterocycles. The third-order valence-corrected chi connectivity index (χ3v) is 8.87. The van der Waals surface area contributed by atoms with Gasteiger partial charge in [0, 0.05) is 43.6 Å². The van der Waals surface area contributed by atoms with Gasteiger partial charge in [0.15, 0.2) is 0 Å². The molecule has 10 rings (SSSR count). The van der Waals surface area contributed by atoms with E-state index in [-0.39, 0.29) is 0 Å². The second-order valence-corrected chi connectivity index (χ2v) is 11.2. The number of benzene rings is 7. The van der Waals surface area contributed by atoms with Crippen molar-refractivity contribution in [3.8, 4) is 22.5 Å². The summed E-state index contributed by atoms with van der Waals surface area (Å²) in [5.41, 5.74) is 7.75. The number of hydrogen-bond donors (Lipinski definition) is 0. The first-order valence-corrected chi connectivity index (χ1v) is 14.5. The van der Waals surface area contributed by atoms with Gasteiger partial charge in [-0.2, -0.15) is 0 Å². The van der Waals surface area contributed by atoms with Gasteiger partial charge in [-0.05, 0) is 51.9 Å². The van der Waals surface area contributed by atoms with Gasteiger partial charge < -0.3 is 13.3 Å². The van der Waals surface area contributed by atoms with Gasteiger partial charge in [-0.15, -0.1) is 0 Å². The van der Waals surface area contributed by atoms with Crippen molar-refractivity contribution in [1.29, 1.82) is 0 Å². The molecule has 0 amide bonds. The summed E-state index contributed by atoms with van der Waals surface area (Å²) in [6, 6.07) is 46.5. The van der Waals surface area contributed by atoms with Crippen LogP contribution in [0.15, 0.2) is 147 Å². The molecule has 7 aromatic carbocycles. The molecular weight excluding hydrogens is 528 g/mol. The molecule has 10 aromatic rings. The van der Waals surface area contributed by atoms with Crippen molar-refractivity contribution in [2.24, 2.45) is 0 Å². The Balaban J connectivity index is 1.29. The fraction of sp³-hybridized carbons (Fsp3) is 0. The lowest BCUT2D eigenvalue weighted by Crippen LogP contribution is -1.90. The molecule has 0 aliphatic carbocycles. The highest BCUT2D eigenvalue weighted by molar-refractivity contribution is 6.24. The van der Waals surface area contributed by atoms with Gasteiger partial charge in [-0.1, -0.05) is 103 Å². The van der Waals surface area contributed by atoms with Crippen LogP contribution in [0.3, 0.4) is 0 Å². The van der Waals surface area contributed by atoms with Crippen LogP contribution in [0.4, 0.5) is 0 Å². The van der Waals surface area contributed by atoms with Crippen LogP contribution >= 0.6 is 0 Å². The molecule has 0 atom stereocenters. The number of hydrogen-bond acceptors (Lipinski definition) is 3. The quantitative estimate of drug-likeness (QED) is 0.201. The van der Waals surface area contributed by atoms with Crippen LogP contribution in [0, 0.1) is 0 Å². The zero-order chi connectivity index (χ0) is 28.1. The number of para-hydroxylation sites is 3. The lowest BCUT2D eigenvalue weighted by Gasteiger charge is -2.16. The van der Waals surface area contributed by atoms with E-state index in [0.717, 1.165) is 93.3 Å². The average Bonchev–Trinajstić information content (AvgIpc) is 3.75. The summed E-state index contributed by atoms with van der Waals surface area (Å²) in [5.74, 6) is 0.841. The highest BCUT2D eigenvalue weighted by Crippen LogP contribution is 2.47. The summed E-state index contributed by atoms with van der Waals surface area (Å²) in [5, 5.41) is 10.0. The topological polar surface area (TPSA) is 39.4 Å². The van der Waals surface area contributed by atoms with Gasteiger partial charge in [0.25, 0.3) is 0 Å². The molecule has 3 heterocycles. The van der Waals surface area contributed by atoms with Crippen LogP contribution in [0.25, 0.3) is 98.8 Å². The highest BCUT2D eigenvalue weighted by Gasteiger charge is 2.22. The maximum Gasteiger partial charge on any atom is 0.143 e. The molecule has 0 radical (unpaired) electrons. The minimum Gasteiger partial charge on any atom is -0.456 e. The second kappa shape index (κ2) is 8.37. The lowest BCUT2D eigenvalue weighted by molar-refractivity contribution is 0.633. The van der Waals surface area contributed by atoms with Crippen molar-refractivity contribution in [1.82, 2.24) is 0 Å². The Morgan fingerprint density at radius 3 is 1.58 bits per heavy atom. The lowest BCUT2D eigenvalue weighted by atomic mass is 9.87. The zero-order valence-corrected chi connectivity index (χ0v) is 22.9. The molecule has 0 aliphatic rings. The van der Waals surface area contributed by atoms with Crippen molar-refractivity contribution in [2.75, 3.05) is 0 Å². The summed E-state index contributed by atoms with van der Waals surface area (Å²) >= 11 is 0. The van der Waals surface area contributed by atoms with E-state index in [0.29, 0.717) is 0 Å². The summed E-state index contributed by atoms with van der Waals surface area (Å²) in [6.07, 6.45) is 0. The largest absolute Gasteiger partial charge is 0.456 e. The minimum absolute atomic E-state index is 0.841. The van der Waals surface area contributed by atoms with Crippen LogP contribution in [-0.4, -0.2) is 0 Å². The van der Waals surface area contributed by atoms with E-state index in [1.165, 1.54) is 5.56 Å². The maximum absolute atomic E-state index is 6.69. The van der Waals surface area contributed by atoms with Crippen molar-refractivity contribution in [3.05, 3.63) is 133 Å². The van der Waals surface area contributed by atoms with Gasteiger partial charge in [0.05, 0.1) is 0 Å². The monoisotopic (exact) mass is 550 g/mol. The molecular formula is C40H22O3. The Labute approximate surface area is 245 Å². The van der Waals surface area contributed by atoms with Gasteiger partial charge >= 0.3 is 0 Å². The molecule has 3 heteroatoms. The smallest absolute Gasteiger partial charge is 0.143 e. The van der Waals surface area contributed by atoms with Crippen molar-refractivity contribution >= 4 is 76.4 Å². The van der Waals surface area contributed by atoms with Crippen LogP contribution in [0.1, 0.15) is 0 Å². The third-order valence-electron chi connectivity index (χ3n) is 8.87. The van der Waals surface area contributed by atoms with Crippen LogP contribution in [0.5, 0.6) is 0 Å². The third kappa shape index (κ3) is 3.14. The first-order chi connectivity index (χ1) is 21.3. The zero-order valence-electron chi connectivity index (χ0n) is 22.9. The predicted molar refractivity (Wildman–Crippen MR) is 177 cm³/mol. The molecule has 0 spiro atoms. The average molecular weight is 551 g/mol. The summed E-state index contributed by atoms with van der Waals surface area (Å²) < 4.78 is 19.4. The predicted octanol–water partition coefficient (Wildman–Crippen LogP) is 11.9. The highest BCUT2D eigenvalue weighted by atomic mass is 16.3. The van der Waals surface area contributed by atoms with Crippen LogP contribution < -0.4 is 0 Å². The van der Waals surface area contributed by atoms with Gasteiger partial charge in [-0.25, -0.2) is 0 Å². The number of rotatable bonds is 2. The summed E-state index contributed by atoms with van der Waals surface area (Å²) in [4.78, 5) is 0. The van der Waals surface area contributed by atoms with Crippen LogP contribution in [0.2, 0.25) is 0 Å². The molecule has 0 N–H and O–H groups in total. The molecule has 0 unspecified atom stereocenters.